The molecule has 0 radical (unpaired) electrons. The Bertz CT molecular complexity index is 551. The molecule has 0 saturated carbocycles. The number of esters is 1. The van der Waals surface area contributed by atoms with Gasteiger partial charge in [-0.2, -0.15) is 0 Å². The molecule has 0 aliphatic heterocycles. The van der Waals surface area contributed by atoms with Crippen LogP contribution in [-0.2, 0) is 9.47 Å². The van der Waals surface area contributed by atoms with Crippen LogP contribution in [0.3, 0.4) is 0 Å². The Kier molecular flexibility index (Phi) is 12.8. The molecule has 1 rings (SSSR count). The van der Waals surface area contributed by atoms with Gasteiger partial charge in [0.15, 0.2) is 5.96 Å². The van der Waals surface area contributed by atoms with Gasteiger partial charge in [-0.05, 0) is 34.6 Å². The van der Waals surface area contributed by atoms with Crippen molar-refractivity contribution in [1.82, 2.24) is 15.6 Å². The first-order valence-electron chi connectivity index (χ1n) is 8.30. The van der Waals surface area contributed by atoms with Crippen LogP contribution >= 0.6 is 35.3 Å². The standard InChI is InChI=1S/C16H28N4O3S.HI/c1-6-17-16(18-9-10-22-7-2)20-12(5)14-19-11(4)13(24-14)15(21)23-8-3;/h12H,6-10H2,1-5H3,(H2,17,18,20);1H. The minimum absolute atomic E-state index is 0. The second-order valence-electron chi connectivity index (χ2n) is 5.01. The fourth-order valence-electron chi connectivity index (χ4n) is 1.94. The van der Waals surface area contributed by atoms with Crippen LogP contribution in [0.2, 0.25) is 0 Å². The normalized spacial score (nSPS) is 12.3. The molecule has 1 unspecified atom stereocenters. The molecule has 144 valence electrons. The number of halogens is 1. The van der Waals surface area contributed by atoms with Crippen molar-refractivity contribution in [3.05, 3.63) is 15.6 Å². The number of carbonyl (C=O) groups is 1. The molecule has 0 aliphatic rings. The highest BCUT2D eigenvalue weighted by atomic mass is 127. The minimum atomic E-state index is -0.316. The molecule has 0 bridgehead atoms. The van der Waals surface area contributed by atoms with E-state index in [9.17, 15) is 4.79 Å². The van der Waals surface area contributed by atoms with Crippen LogP contribution < -0.4 is 10.6 Å². The summed E-state index contributed by atoms with van der Waals surface area (Å²) in [6.07, 6.45) is 0. The summed E-state index contributed by atoms with van der Waals surface area (Å²) in [5.41, 5.74) is 0.695. The van der Waals surface area contributed by atoms with Gasteiger partial charge in [0.1, 0.15) is 9.88 Å². The molecule has 0 aromatic carbocycles. The number of hydrogen-bond acceptors (Lipinski definition) is 6. The van der Waals surface area contributed by atoms with E-state index in [4.69, 9.17) is 9.47 Å². The van der Waals surface area contributed by atoms with Gasteiger partial charge >= 0.3 is 5.97 Å². The summed E-state index contributed by atoms with van der Waals surface area (Å²) in [6.45, 7) is 12.5. The van der Waals surface area contributed by atoms with E-state index < -0.39 is 0 Å². The van der Waals surface area contributed by atoms with Crippen molar-refractivity contribution in [2.45, 2.75) is 40.7 Å². The quantitative estimate of drug-likeness (QED) is 0.184. The molecule has 1 aromatic heterocycles. The molecular weight excluding hydrogens is 455 g/mol. The third-order valence-electron chi connectivity index (χ3n) is 3.05. The summed E-state index contributed by atoms with van der Waals surface area (Å²) in [6, 6.07) is -0.0678. The monoisotopic (exact) mass is 484 g/mol. The zero-order chi connectivity index (χ0) is 17.9. The Labute approximate surface area is 171 Å². The maximum absolute atomic E-state index is 11.9. The lowest BCUT2D eigenvalue weighted by Gasteiger charge is -2.16. The number of rotatable bonds is 9. The van der Waals surface area contributed by atoms with Crippen molar-refractivity contribution in [3.63, 3.8) is 0 Å². The Balaban J connectivity index is 0.00000576. The second-order valence-corrected chi connectivity index (χ2v) is 6.04. The summed E-state index contributed by atoms with van der Waals surface area (Å²) < 4.78 is 10.4. The van der Waals surface area contributed by atoms with E-state index in [2.05, 4.69) is 20.6 Å². The number of nitrogens with one attached hydrogen (secondary N) is 2. The van der Waals surface area contributed by atoms with E-state index in [1.165, 1.54) is 11.3 Å². The Morgan fingerprint density at radius 1 is 1.32 bits per heavy atom. The zero-order valence-electron chi connectivity index (χ0n) is 15.5. The minimum Gasteiger partial charge on any atom is -0.462 e. The topological polar surface area (TPSA) is 84.8 Å². The van der Waals surface area contributed by atoms with Crippen molar-refractivity contribution in [3.8, 4) is 0 Å². The first-order valence-corrected chi connectivity index (χ1v) is 9.12. The van der Waals surface area contributed by atoms with Gasteiger partial charge in [0.2, 0.25) is 0 Å². The molecule has 0 aliphatic carbocycles. The lowest BCUT2D eigenvalue weighted by atomic mass is 10.3. The maximum Gasteiger partial charge on any atom is 0.350 e. The van der Waals surface area contributed by atoms with E-state index in [0.29, 0.717) is 42.9 Å². The number of nitrogens with zero attached hydrogens (tertiary/aromatic N) is 2. The highest BCUT2D eigenvalue weighted by molar-refractivity contribution is 14.0. The van der Waals surface area contributed by atoms with Crippen LogP contribution in [0, 0.1) is 6.92 Å². The van der Waals surface area contributed by atoms with Crippen molar-refractivity contribution in [2.75, 3.05) is 32.9 Å². The number of thiazole rings is 1. The number of ether oxygens (including phenoxy) is 2. The summed E-state index contributed by atoms with van der Waals surface area (Å²) in [5, 5.41) is 7.32. The summed E-state index contributed by atoms with van der Waals surface area (Å²) in [7, 11) is 0. The first kappa shape index (κ1) is 24.1. The van der Waals surface area contributed by atoms with Gasteiger partial charge in [-0.25, -0.2) is 9.78 Å². The van der Waals surface area contributed by atoms with Gasteiger partial charge in [0, 0.05) is 13.2 Å². The maximum atomic E-state index is 11.9. The van der Waals surface area contributed by atoms with Crippen LogP contribution in [0.5, 0.6) is 0 Å². The van der Waals surface area contributed by atoms with Gasteiger partial charge in [-0.3, -0.25) is 4.99 Å². The van der Waals surface area contributed by atoms with Gasteiger partial charge in [-0.15, -0.1) is 35.3 Å². The molecule has 25 heavy (non-hydrogen) atoms. The third kappa shape index (κ3) is 8.32. The number of guanidine groups is 1. The molecule has 0 saturated heterocycles. The van der Waals surface area contributed by atoms with Gasteiger partial charge in [0.05, 0.1) is 31.5 Å². The van der Waals surface area contributed by atoms with Crippen LogP contribution in [0.4, 0.5) is 0 Å². The van der Waals surface area contributed by atoms with E-state index >= 15 is 0 Å². The smallest absolute Gasteiger partial charge is 0.350 e. The summed E-state index contributed by atoms with van der Waals surface area (Å²) in [4.78, 5) is 21.4. The number of aliphatic imine (C=N–C) groups is 1. The largest absolute Gasteiger partial charge is 0.462 e. The molecule has 0 spiro atoms. The average molecular weight is 484 g/mol. The lowest BCUT2D eigenvalue weighted by molar-refractivity contribution is 0.0531. The number of carbonyl (C=O) groups excluding carboxylic acids is 1. The molecular formula is C16H29IN4O3S. The molecule has 7 nitrogen and oxygen atoms in total. The number of aryl methyl sites for hydroxylation is 1. The molecule has 0 amide bonds. The number of aromatic nitrogens is 1. The van der Waals surface area contributed by atoms with Crippen molar-refractivity contribution >= 4 is 47.2 Å². The van der Waals surface area contributed by atoms with Gasteiger partial charge < -0.3 is 20.1 Å². The van der Waals surface area contributed by atoms with Gasteiger partial charge in [0.25, 0.3) is 0 Å². The SMILES string of the molecule is CCNC(=NCCOCC)NC(C)c1nc(C)c(C(=O)OCC)s1.I. The van der Waals surface area contributed by atoms with Crippen molar-refractivity contribution < 1.29 is 14.3 Å². The highest BCUT2D eigenvalue weighted by Gasteiger charge is 2.20. The van der Waals surface area contributed by atoms with Gasteiger partial charge in [-0.1, -0.05) is 0 Å². The highest BCUT2D eigenvalue weighted by Crippen LogP contribution is 2.24. The zero-order valence-corrected chi connectivity index (χ0v) is 18.7. The van der Waals surface area contributed by atoms with E-state index in [0.717, 1.165) is 11.6 Å². The average Bonchev–Trinajstić information content (AvgIpc) is 2.94. The summed E-state index contributed by atoms with van der Waals surface area (Å²) >= 11 is 1.35. The molecule has 1 aromatic rings. The fourth-order valence-corrected chi connectivity index (χ4v) is 2.90. The number of hydrogen-bond donors (Lipinski definition) is 2. The fraction of sp³-hybridized carbons (Fsp3) is 0.688. The summed E-state index contributed by atoms with van der Waals surface area (Å²) in [5.74, 6) is 0.387. The predicted octanol–water partition coefficient (Wildman–Crippen LogP) is 2.90. The Morgan fingerprint density at radius 3 is 2.64 bits per heavy atom. The van der Waals surface area contributed by atoms with Crippen LogP contribution in [-0.4, -0.2) is 49.8 Å². The molecule has 1 heterocycles. The van der Waals surface area contributed by atoms with Crippen LogP contribution in [0.1, 0.15) is 54.1 Å². The molecule has 2 N–H and O–H groups in total. The molecule has 9 heteroatoms. The van der Waals surface area contributed by atoms with Crippen molar-refractivity contribution in [2.24, 2.45) is 4.99 Å². The van der Waals surface area contributed by atoms with Crippen molar-refractivity contribution in [1.29, 1.82) is 0 Å². The predicted molar refractivity (Wildman–Crippen MR) is 112 cm³/mol. The van der Waals surface area contributed by atoms with E-state index in [1.807, 2.05) is 27.7 Å². The van der Waals surface area contributed by atoms with E-state index in [-0.39, 0.29) is 36.0 Å². The second kappa shape index (κ2) is 13.3. The first-order chi connectivity index (χ1) is 11.5. The lowest BCUT2D eigenvalue weighted by Crippen LogP contribution is -2.39. The molecule has 0 fully saturated rings. The molecule has 1 atom stereocenters. The van der Waals surface area contributed by atoms with E-state index in [1.54, 1.807) is 6.92 Å². The Hall–Kier alpha value is -0.940. The Morgan fingerprint density at radius 2 is 2.04 bits per heavy atom. The third-order valence-corrected chi connectivity index (χ3v) is 4.37. The van der Waals surface area contributed by atoms with Crippen LogP contribution in [0.15, 0.2) is 4.99 Å². The van der Waals surface area contributed by atoms with Crippen LogP contribution in [0.25, 0.3) is 0 Å².